The summed E-state index contributed by atoms with van der Waals surface area (Å²) < 4.78 is 38.6. The molecular weight excluding hydrogens is 281 g/mol. The first kappa shape index (κ1) is 15.1. The summed E-state index contributed by atoms with van der Waals surface area (Å²) in [6.07, 6.45) is -4.52. The Morgan fingerprint density at radius 3 is 2.48 bits per heavy atom. The van der Waals surface area contributed by atoms with E-state index in [2.05, 4.69) is 5.32 Å². The number of alkyl halides is 3. The first-order valence-corrected chi connectivity index (χ1v) is 6.18. The highest BCUT2D eigenvalue weighted by Crippen LogP contribution is 2.34. The Labute approximate surface area is 119 Å². The summed E-state index contributed by atoms with van der Waals surface area (Å²) in [5.74, 6) is -0.609. The fourth-order valence-electron chi connectivity index (χ4n) is 1.87. The fourth-order valence-corrected chi connectivity index (χ4v) is 1.87. The third kappa shape index (κ3) is 3.61. The molecule has 0 atom stereocenters. The number of carbonyl (C=O) groups is 1. The van der Waals surface area contributed by atoms with Crippen molar-refractivity contribution in [3.63, 3.8) is 0 Å². The molecule has 3 nitrogen and oxygen atoms in total. The monoisotopic (exact) mass is 294 g/mol. The maximum absolute atomic E-state index is 12.9. The number of benzene rings is 2. The number of halogens is 3. The van der Waals surface area contributed by atoms with Crippen molar-refractivity contribution in [3.05, 3.63) is 65.2 Å². The quantitative estimate of drug-likeness (QED) is 0.911. The van der Waals surface area contributed by atoms with Gasteiger partial charge in [0, 0.05) is 12.1 Å². The molecule has 21 heavy (non-hydrogen) atoms. The van der Waals surface area contributed by atoms with Gasteiger partial charge in [-0.05, 0) is 29.8 Å². The van der Waals surface area contributed by atoms with E-state index in [1.165, 1.54) is 24.3 Å². The van der Waals surface area contributed by atoms with Crippen molar-refractivity contribution >= 4 is 11.6 Å². The Morgan fingerprint density at radius 2 is 1.81 bits per heavy atom. The third-order valence-corrected chi connectivity index (χ3v) is 2.91. The Kier molecular flexibility index (Phi) is 4.28. The average Bonchev–Trinajstić information content (AvgIpc) is 2.46. The van der Waals surface area contributed by atoms with Crippen molar-refractivity contribution in [1.82, 2.24) is 0 Å². The summed E-state index contributed by atoms with van der Waals surface area (Å²) in [7, 11) is 0. The van der Waals surface area contributed by atoms with E-state index in [1.807, 2.05) is 0 Å². The van der Waals surface area contributed by atoms with Crippen LogP contribution in [0.25, 0.3) is 0 Å². The molecule has 0 spiro atoms. The van der Waals surface area contributed by atoms with Crippen LogP contribution in [0.4, 0.5) is 18.9 Å². The summed E-state index contributed by atoms with van der Waals surface area (Å²) in [5, 5.41) is 2.28. The van der Waals surface area contributed by atoms with Gasteiger partial charge in [0.05, 0.1) is 11.3 Å². The average molecular weight is 294 g/mol. The van der Waals surface area contributed by atoms with Crippen molar-refractivity contribution in [2.24, 2.45) is 5.73 Å². The Balaban J connectivity index is 2.28. The number of para-hydroxylation sites is 1. The molecular formula is C15H13F3N2O. The molecule has 0 bridgehead atoms. The van der Waals surface area contributed by atoms with Crippen molar-refractivity contribution in [2.75, 3.05) is 5.32 Å². The van der Waals surface area contributed by atoms with E-state index in [0.717, 1.165) is 11.6 Å². The van der Waals surface area contributed by atoms with Gasteiger partial charge in [-0.25, -0.2) is 0 Å². The maximum Gasteiger partial charge on any atom is 0.418 e. The lowest BCUT2D eigenvalue weighted by molar-refractivity contribution is -0.136. The van der Waals surface area contributed by atoms with Crippen LogP contribution in [-0.2, 0) is 12.7 Å². The van der Waals surface area contributed by atoms with E-state index in [1.54, 1.807) is 18.2 Å². The van der Waals surface area contributed by atoms with Crippen molar-refractivity contribution in [2.45, 2.75) is 12.7 Å². The van der Waals surface area contributed by atoms with Gasteiger partial charge in [-0.2, -0.15) is 13.2 Å². The number of rotatable bonds is 3. The largest absolute Gasteiger partial charge is 0.418 e. The van der Waals surface area contributed by atoms with Crippen molar-refractivity contribution < 1.29 is 18.0 Å². The fraction of sp³-hybridized carbons (Fsp3) is 0.133. The molecule has 110 valence electrons. The van der Waals surface area contributed by atoms with Crippen LogP contribution in [0.5, 0.6) is 0 Å². The topological polar surface area (TPSA) is 55.1 Å². The summed E-state index contributed by atoms with van der Waals surface area (Å²) in [6, 6.07) is 11.3. The van der Waals surface area contributed by atoms with Gasteiger partial charge in [0.25, 0.3) is 5.91 Å². The second kappa shape index (κ2) is 5.97. The highest BCUT2D eigenvalue weighted by Gasteiger charge is 2.33. The van der Waals surface area contributed by atoms with Crippen LogP contribution < -0.4 is 11.1 Å². The maximum atomic E-state index is 12.9. The zero-order valence-electron chi connectivity index (χ0n) is 10.9. The van der Waals surface area contributed by atoms with Gasteiger partial charge in [-0.3, -0.25) is 4.79 Å². The molecule has 0 heterocycles. The first-order chi connectivity index (χ1) is 9.91. The van der Waals surface area contributed by atoms with E-state index < -0.39 is 17.6 Å². The molecule has 0 fully saturated rings. The van der Waals surface area contributed by atoms with Crippen molar-refractivity contribution in [1.29, 1.82) is 0 Å². The molecule has 0 unspecified atom stereocenters. The Morgan fingerprint density at radius 1 is 1.10 bits per heavy atom. The number of nitrogens with one attached hydrogen (secondary N) is 1. The number of hydrogen-bond donors (Lipinski definition) is 2. The second-order valence-electron chi connectivity index (χ2n) is 4.40. The molecule has 0 saturated heterocycles. The standard InChI is InChI=1S/C15H13F3N2O/c16-15(17,18)12-6-1-2-7-13(12)20-14(21)11-5-3-4-10(8-11)9-19/h1-8H,9,19H2,(H,20,21). The van der Waals surface area contributed by atoms with E-state index in [0.29, 0.717) is 0 Å². The van der Waals surface area contributed by atoms with E-state index in [9.17, 15) is 18.0 Å². The van der Waals surface area contributed by atoms with Gasteiger partial charge >= 0.3 is 6.18 Å². The molecule has 0 saturated carbocycles. The lowest BCUT2D eigenvalue weighted by Crippen LogP contribution is -2.16. The summed E-state index contributed by atoms with van der Waals surface area (Å²) in [5.41, 5.74) is 5.31. The zero-order chi connectivity index (χ0) is 15.5. The molecule has 0 aliphatic heterocycles. The molecule has 0 aliphatic carbocycles. The predicted octanol–water partition coefficient (Wildman–Crippen LogP) is 3.42. The van der Waals surface area contributed by atoms with Gasteiger partial charge in [0.2, 0.25) is 0 Å². The van der Waals surface area contributed by atoms with E-state index in [-0.39, 0.29) is 17.8 Å². The normalized spacial score (nSPS) is 11.2. The molecule has 0 aliphatic rings. The van der Waals surface area contributed by atoms with Gasteiger partial charge in [-0.1, -0.05) is 24.3 Å². The number of amides is 1. The van der Waals surface area contributed by atoms with Crippen molar-refractivity contribution in [3.8, 4) is 0 Å². The van der Waals surface area contributed by atoms with Gasteiger partial charge in [0.1, 0.15) is 0 Å². The minimum Gasteiger partial charge on any atom is -0.326 e. The molecule has 2 aromatic carbocycles. The number of hydrogen-bond acceptors (Lipinski definition) is 2. The number of carbonyl (C=O) groups excluding carboxylic acids is 1. The van der Waals surface area contributed by atoms with E-state index >= 15 is 0 Å². The summed E-state index contributed by atoms with van der Waals surface area (Å²) in [6.45, 7) is 0.250. The molecule has 0 radical (unpaired) electrons. The first-order valence-electron chi connectivity index (χ1n) is 6.18. The number of nitrogens with two attached hydrogens (primary N) is 1. The molecule has 1 amide bonds. The molecule has 2 aromatic rings. The second-order valence-corrected chi connectivity index (χ2v) is 4.40. The smallest absolute Gasteiger partial charge is 0.326 e. The highest BCUT2D eigenvalue weighted by atomic mass is 19.4. The highest BCUT2D eigenvalue weighted by molar-refractivity contribution is 6.04. The molecule has 2 rings (SSSR count). The summed E-state index contributed by atoms with van der Waals surface area (Å²) >= 11 is 0. The lowest BCUT2D eigenvalue weighted by atomic mass is 10.1. The Hall–Kier alpha value is -2.34. The minimum absolute atomic E-state index is 0.250. The minimum atomic E-state index is -4.52. The van der Waals surface area contributed by atoms with Gasteiger partial charge in [0.15, 0.2) is 0 Å². The molecule has 3 N–H and O–H groups in total. The van der Waals surface area contributed by atoms with Crippen LogP contribution >= 0.6 is 0 Å². The Bertz CT molecular complexity index is 653. The SMILES string of the molecule is NCc1cccc(C(=O)Nc2ccccc2C(F)(F)F)c1. The zero-order valence-corrected chi connectivity index (χ0v) is 10.9. The lowest BCUT2D eigenvalue weighted by Gasteiger charge is -2.13. The molecule has 0 aromatic heterocycles. The predicted molar refractivity (Wildman–Crippen MR) is 73.7 cm³/mol. The van der Waals surface area contributed by atoms with Crippen LogP contribution in [-0.4, -0.2) is 5.91 Å². The van der Waals surface area contributed by atoms with Crippen LogP contribution in [0, 0.1) is 0 Å². The van der Waals surface area contributed by atoms with Crippen LogP contribution in [0.1, 0.15) is 21.5 Å². The van der Waals surface area contributed by atoms with Crippen LogP contribution in [0.2, 0.25) is 0 Å². The number of anilines is 1. The van der Waals surface area contributed by atoms with Crippen LogP contribution in [0.15, 0.2) is 48.5 Å². The van der Waals surface area contributed by atoms with Gasteiger partial charge < -0.3 is 11.1 Å². The van der Waals surface area contributed by atoms with E-state index in [4.69, 9.17) is 5.73 Å². The third-order valence-electron chi connectivity index (χ3n) is 2.91. The van der Waals surface area contributed by atoms with Gasteiger partial charge in [-0.15, -0.1) is 0 Å². The van der Waals surface area contributed by atoms with Crippen LogP contribution in [0.3, 0.4) is 0 Å². The molecule has 6 heteroatoms. The summed E-state index contributed by atoms with van der Waals surface area (Å²) in [4.78, 5) is 12.0.